The van der Waals surface area contributed by atoms with Crippen molar-refractivity contribution in [2.24, 2.45) is 5.92 Å². The van der Waals surface area contributed by atoms with Crippen LogP contribution in [0.3, 0.4) is 0 Å². The maximum atomic E-state index is 12.3. The Bertz CT molecular complexity index is 419. The Morgan fingerprint density at radius 2 is 2.15 bits per heavy atom. The lowest BCUT2D eigenvalue weighted by Crippen LogP contribution is -2.36. The molecule has 4 heteroatoms. The number of rotatable bonds is 8. The van der Waals surface area contributed by atoms with E-state index in [1.807, 2.05) is 29.2 Å². The van der Waals surface area contributed by atoms with Gasteiger partial charge in [-0.15, -0.1) is 0 Å². The van der Waals surface area contributed by atoms with Gasteiger partial charge in [-0.3, -0.25) is 4.79 Å². The predicted octanol–water partition coefficient (Wildman–Crippen LogP) is 2.33. The van der Waals surface area contributed by atoms with Crippen LogP contribution in [-0.4, -0.2) is 37.6 Å². The Morgan fingerprint density at radius 3 is 2.75 bits per heavy atom. The van der Waals surface area contributed by atoms with Crippen molar-refractivity contribution in [2.45, 2.75) is 26.7 Å². The minimum absolute atomic E-state index is 0.179. The molecule has 0 heterocycles. The average Bonchev–Trinajstić information content (AvgIpc) is 2.40. The molecular weight excluding hydrogens is 252 g/mol. The predicted molar refractivity (Wildman–Crippen MR) is 82.5 cm³/mol. The Labute approximate surface area is 121 Å². The molecule has 0 aliphatic carbocycles. The van der Waals surface area contributed by atoms with Gasteiger partial charge in [0.05, 0.1) is 6.61 Å². The minimum atomic E-state index is 0.179. The summed E-state index contributed by atoms with van der Waals surface area (Å²) < 4.78 is 5.07. The van der Waals surface area contributed by atoms with Crippen molar-refractivity contribution in [1.29, 1.82) is 0 Å². The smallest absolute Gasteiger partial charge is 0.222 e. The number of benzene rings is 1. The number of carbonyl (C=O) groups excluding carboxylic acids is 1. The number of hydrogen-bond acceptors (Lipinski definition) is 3. The zero-order chi connectivity index (χ0) is 15.0. The van der Waals surface area contributed by atoms with Gasteiger partial charge in [-0.1, -0.05) is 26.0 Å². The molecule has 0 unspecified atom stereocenters. The summed E-state index contributed by atoms with van der Waals surface area (Å²) in [5, 5.41) is 0. The average molecular weight is 278 g/mol. The fraction of sp³-hybridized carbons (Fsp3) is 0.562. The summed E-state index contributed by atoms with van der Waals surface area (Å²) in [5.41, 5.74) is 7.59. The van der Waals surface area contributed by atoms with E-state index in [-0.39, 0.29) is 5.91 Å². The summed E-state index contributed by atoms with van der Waals surface area (Å²) in [4.78, 5) is 14.2. The lowest BCUT2D eigenvalue weighted by molar-refractivity contribution is -0.132. The summed E-state index contributed by atoms with van der Waals surface area (Å²) >= 11 is 0. The van der Waals surface area contributed by atoms with Crippen LogP contribution >= 0.6 is 0 Å². The quantitative estimate of drug-likeness (QED) is 0.743. The van der Waals surface area contributed by atoms with Crippen molar-refractivity contribution in [3.8, 4) is 0 Å². The van der Waals surface area contributed by atoms with Crippen LogP contribution in [0.5, 0.6) is 0 Å². The number of nitrogens with two attached hydrogens (primary N) is 1. The first-order valence-electron chi connectivity index (χ1n) is 7.14. The van der Waals surface area contributed by atoms with Crippen LogP contribution < -0.4 is 5.73 Å². The van der Waals surface area contributed by atoms with E-state index in [0.717, 1.165) is 24.2 Å². The number of carbonyl (C=O) groups is 1. The maximum Gasteiger partial charge on any atom is 0.222 e. The van der Waals surface area contributed by atoms with E-state index < -0.39 is 0 Å². The van der Waals surface area contributed by atoms with Crippen LogP contribution in [0.1, 0.15) is 25.8 Å². The Morgan fingerprint density at radius 1 is 1.40 bits per heavy atom. The molecule has 0 aromatic heterocycles. The van der Waals surface area contributed by atoms with Crippen molar-refractivity contribution in [2.75, 3.05) is 32.5 Å². The second-order valence-electron chi connectivity index (χ2n) is 5.47. The van der Waals surface area contributed by atoms with E-state index in [1.54, 1.807) is 7.11 Å². The second kappa shape index (κ2) is 8.59. The molecule has 112 valence electrons. The monoisotopic (exact) mass is 278 g/mol. The summed E-state index contributed by atoms with van der Waals surface area (Å²) in [5.74, 6) is 0.640. The molecule has 2 N–H and O–H groups in total. The van der Waals surface area contributed by atoms with E-state index in [9.17, 15) is 4.79 Å². The zero-order valence-electron chi connectivity index (χ0n) is 12.8. The van der Waals surface area contributed by atoms with E-state index in [0.29, 0.717) is 25.5 Å². The van der Waals surface area contributed by atoms with Gasteiger partial charge in [-0.25, -0.2) is 0 Å². The third-order valence-electron chi connectivity index (χ3n) is 3.08. The van der Waals surface area contributed by atoms with Gasteiger partial charge < -0.3 is 15.4 Å². The van der Waals surface area contributed by atoms with E-state index in [2.05, 4.69) is 13.8 Å². The van der Waals surface area contributed by atoms with Crippen molar-refractivity contribution >= 4 is 11.6 Å². The van der Waals surface area contributed by atoms with Gasteiger partial charge >= 0.3 is 0 Å². The standard InChI is InChI=1S/C16H26N2O2/c1-13(2)12-18(9-10-20-3)16(19)8-7-14-5-4-6-15(17)11-14/h4-6,11,13H,7-10,12,17H2,1-3H3. The molecule has 1 rings (SSSR count). The molecule has 1 aromatic rings. The lowest BCUT2D eigenvalue weighted by Gasteiger charge is -2.24. The molecule has 0 aliphatic rings. The molecule has 4 nitrogen and oxygen atoms in total. The third-order valence-corrected chi connectivity index (χ3v) is 3.08. The van der Waals surface area contributed by atoms with Crippen molar-refractivity contribution < 1.29 is 9.53 Å². The van der Waals surface area contributed by atoms with E-state index in [1.165, 1.54) is 0 Å². The van der Waals surface area contributed by atoms with Crippen molar-refractivity contribution in [1.82, 2.24) is 4.90 Å². The van der Waals surface area contributed by atoms with Gasteiger partial charge in [-0.2, -0.15) is 0 Å². The normalized spacial score (nSPS) is 10.8. The van der Waals surface area contributed by atoms with Gasteiger partial charge in [0, 0.05) is 32.3 Å². The number of hydrogen-bond donors (Lipinski definition) is 1. The molecule has 1 amide bonds. The van der Waals surface area contributed by atoms with Crippen LogP contribution in [-0.2, 0) is 16.0 Å². The highest BCUT2D eigenvalue weighted by Gasteiger charge is 2.14. The highest BCUT2D eigenvalue weighted by molar-refractivity contribution is 5.76. The summed E-state index contributed by atoms with van der Waals surface area (Å²) in [7, 11) is 1.66. The van der Waals surface area contributed by atoms with Crippen LogP contribution in [0.25, 0.3) is 0 Å². The van der Waals surface area contributed by atoms with Crippen LogP contribution in [0.2, 0.25) is 0 Å². The molecule has 0 saturated carbocycles. The van der Waals surface area contributed by atoms with E-state index in [4.69, 9.17) is 10.5 Å². The fourth-order valence-corrected chi connectivity index (χ4v) is 2.12. The first-order chi connectivity index (χ1) is 9.52. The Hall–Kier alpha value is -1.55. The number of methoxy groups -OCH3 is 1. The molecule has 0 spiro atoms. The molecule has 0 atom stereocenters. The Balaban J connectivity index is 2.52. The number of nitrogens with zero attached hydrogens (tertiary/aromatic N) is 1. The van der Waals surface area contributed by atoms with Crippen molar-refractivity contribution in [3.05, 3.63) is 29.8 Å². The summed E-state index contributed by atoms with van der Waals surface area (Å²) in [6.07, 6.45) is 1.24. The van der Waals surface area contributed by atoms with Gasteiger partial charge in [0.15, 0.2) is 0 Å². The number of ether oxygens (including phenoxy) is 1. The molecule has 0 bridgehead atoms. The molecular formula is C16H26N2O2. The topological polar surface area (TPSA) is 55.6 Å². The second-order valence-corrected chi connectivity index (χ2v) is 5.47. The van der Waals surface area contributed by atoms with Gasteiger partial charge in [0.25, 0.3) is 0 Å². The molecule has 0 aliphatic heterocycles. The SMILES string of the molecule is COCCN(CC(C)C)C(=O)CCc1cccc(N)c1. The lowest BCUT2D eigenvalue weighted by atomic mass is 10.1. The molecule has 1 aromatic carbocycles. The third kappa shape index (κ3) is 6.06. The molecule has 0 saturated heterocycles. The van der Waals surface area contributed by atoms with Crippen LogP contribution in [0.4, 0.5) is 5.69 Å². The molecule has 20 heavy (non-hydrogen) atoms. The maximum absolute atomic E-state index is 12.3. The van der Waals surface area contributed by atoms with Crippen molar-refractivity contribution in [3.63, 3.8) is 0 Å². The zero-order valence-corrected chi connectivity index (χ0v) is 12.8. The highest BCUT2D eigenvalue weighted by Crippen LogP contribution is 2.10. The number of nitrogen functional groups attached to an aromatic ring is 1. The summed E-state index contributed by atoms with van der Waals surface area (Å²) in [6, 6.07) is 7.71. The molecule has 0 fully saturated rings. The minimum Gasteiger partial charge on any atom is -0.399 e. The van der Waals surface area contributed by atoms with Gasteiger partial charge in [-0.05, 0) is 30.0 Å². The number of anilines is 1. The number of amides is 1. The first-order valence-corrected chi connectivity index (χ1v) is 7.14. The number of aryl methyl sites for hydroxylation is 1. The van der Waals surface area contributed by atoms with Crippen LogP contribution in [0.15, 0.2) is 24.3 Å². The van der Waals surface area contributed by atoms with E-state index >= 15 is 0 Å². The highest BCUT2D eigenvalue weighted by atomic mass is 16.5. The van der Waals surface area contributed by atoms with Gasteiger partial charge in [0.1, 0.15) is 0 Å². The first kappa shape index (κ1) is 16.5. The molecule has 0 radical (unpaired) electrons. The fourth-order valence-electron chi connectivity index (χ4n) is 2.12. The van der Waals surface area contributed by atoms with Crippen LogP contribution in [0, 0.1) is 5.92 Å². The summed E-state index contributed by atoms with van der Waals surface area (Å²) in [6.45, 7) is 6.25. The Kier molecular flexibility index (Phi) is 7.09. The largest absolute Gasteiger partial charge is 0.399 e. The van der Waals surface area contributed by atoms with Gasteiger partial charge in [0.2, 0.25) is 5.91 Å².